The van der Waals surface area contributed by atoms with E-state index in [0.29, 0.717) is 10.4 Å². The number of rotatable bonds is 6. The first-order valence-electron chi connectivity index (χ1n) is 6.96. The molecule has 0 aliphatic rings. The number of hydrazone groups is 1. The van der Waals surface area contributed by atoms with Gasteiger partial charge in [-0.3, -0.25) is 19.0 Å². The molecule has 1 N–H and O–H groups in total. The van der Waals surface area contributed by atoms with Crippen molar-refractivity contribution < 1.29 is 14.3 Å². The average Bonchev–Trinajstić information content (AvgIpc) is 2.83. The fourth-order valence-corrected chi connectivity index (χ4v) is 2.86. The van der Waals surface area contributed by atoms with Gasteiger partial charge in [0.25, 0.3) is 5.91 Å². The van der Waals surface area contributed by atoms with E-state index in [1.54, 1.807) is 37.3 Å². The summed E-state index contributed by atoms with van der Waals surface area (Å²) < 4.78 is 5.87. The average molecular weight is 368 g/mol. The van der Waals surface area contributed by atoms with Gasteiger partial charge in [-0.2, -0.15) is 5.10 Å². The van der Waals surface area contributed by atoms with Crippen LogP contribution in [0.25, 0.3) is 0 Å². The predicted molar refractivity (Wildman–Crippen MR) is 91.7 cm³/mol. The predicted octanol–water partition coefficient (Wildman–Crippen LogP) is 1.89. The van der Waals surface area contributed by atoms with Crippen molar-refractivity contribution in [3.63, 3.8) is 0 Å². The van der Waals surface area contributed by atoms with Gasteiger partial charge in [0.2, 0.25) is 0 Å². The zero-order valence-corrected chi connectivity index (χ0v) is 14.3. The summed E-state index contributed by atoms with van der Waals surface area (Å²) in [6, 6.07) is 8.55. The summed E-state index contributed by atoms with van der Waals surface area (Å²) >= 11 is 6.88. The number of nitrogens with one attached hydrogen (secondary N) is 1. The highest BCUT2D eigenvalue weighted by atomic mass is 35.5. The number of nitrogens with zero attached hydrogens (tertiary/aromatic N) is 2. The molecule has 2 rings (SSSR count). The van der Waals surface area contributed by atoms with E-state index in [2.05, 4.69) is 10.5 Å². The maximum absolute atomic E-state index is 11.9. The number of thiazole rings is 1. The second-order valence-electron chi connectivity index (χ2n) is 4.48. The van der Waals surface area contributed by atoms with Crippen molar-refractivity contribution in [3.8, 4) is 0 Å². The highest BCUT2D eigenvalue weighted by Crippen LogP contribution is 2.16. The van der Waals surface area contributed by atoms with Crippen LogP contribution in [0.3, 0.4) is 0 Å². The molecule has 0 radical (unpaired) electrons. The Balaban J connectivity index is 2.06. The van der Waals surface area contributed by atoms with Crippen molar-refractivity contribution in [2.45, 2.75) is 13.5 Å². The maximum Gasteiger partial charge on any atom is 0.326 e. The van der Waals surface area contributed by atoms with E-state index in [0.717, 1.165) is 15.9 Å². The normalized spacial score (nSPS) is 10.8. The Kier molecular flexibility index (Phi) is 6.28. The van der Waals surface area contributed by atoms with Gasteiger partial charge in [0.05, 0.1) is 17.7 Å². The number of halogens is 1. The molecule has 0 fully saturated rings. The minimum Gasteiger partial charge on any atom is -0.465 e. The van der Waals surface area contributed by atoms with E-state index in [9.17, 15) is 14.4 Å². The topological polar surface area (TPSA) is 89.8 Å². The molecular formula is C15H14ClN3O4S. The summed E-state index contributed by atoms with van der Waals surface area (Å²) in [4.78, 5) is 35.1. The molecule has 24 heavy (non-hydrogen) atoms. The van der Waals surface area contributed by atoms with Crippen LogP contribution in [-0.4, -0.2) is 29.3 Å². The molecule has 1 aromatic carbocycles. The van der Waals surface area contributed by atoms with E-state index in [-0.39, 0.29) is 24.2 Å². The minimum atomic E-state index is -0.555. The molecular weight excluding hydrogens is 354 g/mol. The van der Waals surface area contributed by atoms with Crippen LogP contribution < -0.4 is 10.3 Å². The molecule has 0 unspecified atom stereocenters. The Hall–Kier alpha value is -2.45. The standard InChI is InChI=1S/C15H14ClN3O4S/c1-2-23-12(20)9-19-13(16)11(24-15(19)22)8-17-18-14(21)10-6-4-3-5-7-10/h3-8H,2,9H2,1H3,(H,18,21). The van der Waals surface area contributed by atoms with Crippen LogP contribution >= 0.6 is 22.9 Å². The fraction of sp³-hybridized carbons (Fsp3) is 0.200. The van der Waals surface area contributed by atoms with Crippen LogP contribution in [-0.2, 0) is 16.1 Å². The third kappa shape index (κ3) is 4.53. The summed E-state index contributed by atoms with van der Waals surface area (Å²) in [5, 5.41) is 3.85. The second kappa shape index (κ2) is 8.42. The van der Waals surface area contributed by atoms with Crippen LogP contribution in [0.2, 0.25) is 5.15 Å². The Morgan fingerprint density at radius 1 is 1.38 bits per heavy atom. The van der Waals surface area contributed by atoms with Crippen molar-refractivity contribution in [1.29, 1.82) is 0 Å². The van der Waals surface area contributed by atoms with E-state index < -0.39 is 10.8 Å². The van der Waals surface area contributed by atoms with Crippen LogP contribution in [0.4, 0.5) is 0 Å². The van der Waals surface area contributed by atoms with Crippen molar-refractivity contribution >= 4 is 41.0 Å². The molecule has 9 heteroatoms. The molecule has 0 atom stereocenters. The van der Waals surface area contributed by atoms with Crippen LogP contribution in [0.15, 0.2) is 40.2 Å². The highest BCUT2D eigenvalue weighted by molar-refractivity contribution is 7.11. The molecule has 0 saturated heterocycles. The molecule has 0 spiro atoms. The van der Waals surface area contributed by atoms with Gasteiger partial charge in [0.15, 0.2) is 0 Å². The first-order valence-corrected chi connectivity index (χ1v) is 8.15. The molecule has 126 valence electrons. The summed E-state index contributed by atoms with van der Waals surface area (Å²) in [7, 11) is 0. The number of ether oxygens (including phenoxy) is 1. The Morgan fingerprint density at radius 3 is 2.75 bits per heavy atom. The molecule has 0 aliphatic heterocycles. The lowest BCUT2D eigenvalue weighted by Crippen LogP contribution is -2.21. The lowest BCUT2D eigenvalue weighted by Gasteiger charge is -2.03. The van der Waals surface area contributed by atoms with Gasteiger partial charge in [0, 0.05) is 5.56 Å². The first-order chi connectivity index (χ1) is 11.5. The molecule has 7 nitrogen and oxygen atoms in total. The number of carbonyl (C=O) groups is 2. The molecule has 2 aromatic rings. The molecule has 1 amide bonds. The van der Waals surface area contributed by atoms with Gasteiger partial charge >= 0.3 is 10.8 Å². The quantitative estimate of drug-likeness (QED) is 0.479. The Labute approximate surface area is 146 Å². The maximum atomic E-state index is 11.9. The number of esters is 1. The number of hydrogen-bond donors (Lipinski definition) is 1. The van der Waals surface area contributed by atoms with E-state index in [4.69, 9.17) is 16.3 Å². The van der Waals surface area contributed by atoms with Crippen molar-refractivity contribution in [1.82, 2.24) is 9.99 Å². The van der Waals surface area contributed by atoms with Crippen molar-refractivity contribution in [3.05, 3.63) is 55.6 Å². The van der Waals surface area contributed by atoms with Crippen molar-refractivity contribution in [2.75, 3.05) is 6.61 Å². The summed E-state index contributed by atoms with van der Waals surface area (Å²) in [6.45, 7) is 1.62. The SMILES string of the molecule is CCOC(=O)Cn1c(Cl)c(C=NNC(=O)c2ccccc2)sc1=O. The summed E-state index contributed by atoms with van der Waals surface area (Å²) in [6.07, 6.45) is 1.26. The van der Waals surface area contributed by atoms with Crippen molar-refractivity contribution in [2.24, 2.45) is 5.10 Å². The third-order valence-electron chi connectivity index (χ3n) is 2.83. The second-order valence-corrected chi connectivity index (χ2v) is 5.83. The van der Waals surface area contributed by atoms with Gasteiger partial charge in [-0.1, -0.05) is 41.1 Å². The molecule has 0 bridgehead atoms. The van der Waals surface area contributed by atoms with Gasteiger partial charge in [-0.25, -0.2) is 5.43 Å². The Morgan fingerprint density at radius 2 is 2.08 bits per heavy atom. The molecule has 1 aromatic heterocycles. The molecule has 0 saturated carbocycles. The molecule has 0 aliphatic carbocycles. The molecule has 1 heterocycles. The van der Waals surface area contributed by atoms with E-state index in [1.165, 1.54) is 6.21 Å². The lowest BCUT2D eigenvalue weighted by atomic mass is 10.2. The van der Waals surface area contributed by atoms with Gasteiger partial charge in [-0.15, -0.1) is 0 Å². The van der Waals surface area contributed by atoms with Crippen LogP contribution in [0, 0.1) is 0 Å². The largest absolute Gasteiger partial charge is 0.465 e. The minimum absolute atomic E-state index is 0.0655. The lowest BCUT2D eigenvalue weighted by molar-refractivity contribution is -0.143. The van der Waals surface area contributed by atoms with Gasteiger partial charge in [0.1, 0.15) is 11.7 Å². The number of amides is 1. The first kappa shape index (κ1) is 17.9. The third-order valence-corrected chi connectivity index (χ3v) is 4.27. The van der Waals surface area contributed by atoms with Crippen LogP contribution in [0.5, 0.6) is 0 Å². The van der Waals surface area contributed by atoms with E-state index >= 15 is 0 Å². The van der Waals surface area contributed by atoms with Gasteiger partial charge in [-0.05, 0) is 19.1 Å². The summed E-state index contributed by atoms with van der Waals surface area (Å²) in [5.74, 6) is -0.943. The zero-order valence-electron chi connectivity index (χ0n) is 12.7. The zero-order chi connectivity index (χ0) is 17.5. The number of carbonyl (C=O) groups excluding carboxylic acids is 2. The summed E-state index contributed by atoms with van der Waals surface area (Å²) in [5.41, 5.74) is 2.79. The van der Waals surface area contributed by atoms with E-state index in [1.807, 2.05) is 0 Å². The highest BCUT2D eigenvalue weighted by Gasteiger charge is 2.15. The Bertz CT molecular complexity index is 814. The van der Waals surface area contributed by atoms with Crippen LogP contribution in [0.1, 0.15) is 22.2 Å². The number of aromatic nitrogens is 1. The number of benzene rings is 1. The monoisotopic (exact) mass is 367 g/mol. The number of hydrogen-bond acceptors (Lipinski definition) is 6. The smallest absolute Gasteiger partial charge is 0.326 e. The van der Waals surface area contributed by atoms with Gasteiger partial charge < -0.3 is 4.74 Å². The fourth-order valence-electron chi connectivity index (χ4n) is 1.76.